The van der Waals surface area contributed by atoms with Gasteiger partial charge in [0.1, 0.15) is 5.75 Å². The van der Waals surface area contributed by atoms with Crippen molar-refractivity contribution in [3.8, 4) is 39.1 Å². The largest absolute Gasteiger partial charge is 0.506 e. The first-order valence-electron chi connectivity index (χ1n) is 11.1. The zero-order valence-corrected chi connectivity index (χ0v) is 18.3. The zero-order chi connectivity index (χ0) is 22.5. The van der Waals surface area contributed by atoms with Gasteiger partial charge >= 0.3 is 0 Å². The minimum absolute atomic E-state index is 0.251. The Kier molecular flexibility index (Phi) is 5.90. The molecule has 160 valence electrons. The number of phenolic OH excluding ortho intramolecular Hbond substituents is 1. The molecule has 2 heteroatoms. The van der Waals surface area contributed by atoms with E-state index < -0.39 is 0 Å². The summed E-state index contributed by atoms with van der Waals surface area (Å²) in [4.78, 5) is 0. The van der Waals surface area contributed by atoms with E-state index in [2.05, 4.69) is 90.2 Å². The third-order valence-electron chi connectivity index (χ3n) is 5.89. The highest BCUT2D eigenvalue weighted by molar-refractivity contribution is 5.85. The summed E-state index contributed by atoms with van der Waals surface area (Å²) >= 11 is 0. The molecular weight excluding hydrogens is 402 g/mol. The van der Waals surface area contributed by atoms with Gasteiger partial charge in [-0.15, -0.1) is 0 Å². The smallest absolute Gasteiger partial charge is 0.138 e. The van der Waals surface area contributed by atoms with Crippen LogP contribution in [0.5, 0.6) is 5.75 Å². The predicted molar refractivity (Wildman–Crippen MR) is 138 cm³/mol. The summed E-state index contributed by atoms with van der Waals surface area (Å²) in [5.74, 6) is 0.251. The molecule has 0 aromatic heterocycles. The zero-order valence-electron chi connectivity index (χ0n) is 18.3. The minimum atomic E-state index is 0.251. The topological polar surface area (TPSA) is 32.3 Å². The molecule has 33 heavy (non-hydrogen) atoms. The Morgan fingerprint density at radius 3 is 1.45 bits per heavy atom. The standard InChI is InChI=1S/C31H25NO/c33-31-19-11-10-18-30(31)32-22-29-27(24-14-6-2-7-15-24)20-26(23-12-4-1-5-13-23)21-28(29)25-16-8-3-9-17-25/h1-21,32-33H,22H2. The Balaban J connectivity index is 1.71. The Labute approximate surface area is 194 Å². The summed E-state index contributed by atoms with van der Waals surface area (Å²) in [7, 11) is 0. The lowest BCUT2D eigenvalue weighted by atomic mass is 9.87. The summed E-state index contributed by atoms with van der Waals surface area (Å²) in [6.45, 7) is 0.584. The van der Waals surface area contributed by atoms with Gasteiger partial charge in [0.05, 0.1) is 5.69 Å². The van der Waals surface area contributed by atoms with E-state index in [0.29, 0.717) is 6.54 Å². The van der Waals surface area contributed by atoms with Gasteiger partial charge in [-0.25, -0.2) is 0 Å². The van der Waals surface area contributed by atoms with Crippen molar-refractivity contribution in [2.45, 2.75) is 6.54 Å². The first-order valence-corrected chi connectivity index (χ1v) is 11.1. The second kappa shape index (κ2) is 9.46. The van der Waals surface area contributed by atoms with Gasteiger partial charge in [-0.1, -0.05) is 103 Å². The van der Waals surface area contributed by atoms with Crippen molar-refractivity contribution in [2.24, 2.45) is 0 Å². The summed E-state index contributed by atoms with van der Waals surface area (Å²) < 4.78 is 0. The van der Waals surface area contributed by atoms with E-state index in [-0.39, 0.29) is 5.75 Å². The fourth-order valence-corrected chi connectivity index (χ4v) is 4.22. The molecule has 0 fully saturated rings. The maximum atomic E-state index is 10.3. The SMILES string of the molecule is Oc1ccccc1NCc1c(-c2ccccc2)cc(-c2ccccc2)cc1-c1ccccc1. The average molecular weight is 428 g/mol. The molecule has 0 spiro atoms. The van der Waals surface area contributed by atoms with Crippen molar-refractivity contribution in [3.05, 3.63) is 133 Å². The van der Waals surface area contributed by atoms with Crippen molar-refractivity contribution >= 4 is 5.69 Å². The van der Waals surface area contributed by atoms with Gasteiger partial charge < -0.3 is 10.4 Å². The molecular formula is C31H25NO. The number of benzene rings is 5. The van der Waals surface area contributed by atoms with Crippen LogP contribution in [0.3, 0.4) is 0 Å². The van der Waals surface area contributed by atoms with Crippen LogP contribution in [0.25, 0.3) is 33.4 Å². The Morgan fingerprint density at radius 2 is 0.939 bits per heavy atom. The van der Waals surface area contributed by atoms with Gasteiger partial charge in [0.25, 0.3) is 0 Å². The molecule has 0 aliphatic heterocycles. The Hall–Kier alpha value is -4.30. The number of aromatic hydroxyl groups is 1. The highest BCUT2D eigenvalue weighted by atomic mass is 16.3. The molecule has 5 aromatic carbocycles. The molecule has 2 nitrogen and oxygen atoms in total. The summed E-state index contributed by atoms with van der Waals surface area (Å²) in [5, 5.41) is 13.8. The maximum absolute atomic E-state index is 10.3. The lowest BCUT2D eigenvalue weighted by molar-refractivity contribution is 0.477. The van der Waals surface area contributed by atoms with E-state index in [1.165, 1.54) is 38.9 Å². The first-order chi connectivity index (χ1) is 16.3. The van der Waals surface area contributed by atoms with Crippen LogP contribution in [0.15, 0.2) is 127 Å². The monoisotopic (exact) mass is 427 g/mol. The molecule has 0 unspecified atom stereocenters. The van der Waals surface area contributed by atoms with Crippen LogP contribution in [0, 0.1) is 0 Å². The van der Waals surface area contributed by atoms with Gasteiger partial charge in [0.2, 0.25) is 0 Å². The number of hydrogen-bond donors (Lipinski definition) is 2. The van der Waals surface area contributed by atoms with Crippen LogP contribution in [0.4, 0.5) is 5.69 Å². The van der Waals surface area contributed by atoms with Crippen LogP contribution in [-0.4, -0.2) is 5.11 Å². The lowest BCUT2D eigenvalue weighted by Gasteiger charge is -2.20. The Morgan fingerprint density at radius 1 is 0.485 bits per heavy atom. The van der Waals surface area contributed by atoms with Crippen LogP contribution >= 0.6 is 0 Å². The highest BCUT2D eigenvalue weighted by Gasteiger charge is 2.15. The molecule has 0 saturated carbocycles. The van der Waals surface area contributed by atoms with E-state index in [9.17, 15) is 5.11 Å². The summed E-state index contributed by atoms with van der Waals surface area (Å²) in [6.07, 6.45) is 0. The van der Waals surface area contributed by atoms with Crippen LogP contribution in [-0.2, 0) is 6.54 Å². The molecule has 0 saturated heterocycles. The van der Waals surface area contributed by atoms with Gasteiger partial charge in [0, 0.05) is 6.54 Å². The summed E-state index contributed by atoms with van der Waals surface area (Å²) in [5.41, 5.74) is 8.98. The van der Waals surface area contributed by atoms with Crippen LogP contribution in [0.1, 0.15) is 5.56 Å². The molecule has 0 aliphatic carbocycles. The molecule has 0 amide bonds. The summed E-state index contributed by atoms with van der Waals surface area (Å²) in [6, 6.07) is 43.4. The predicted octanol–water partition coefficient (Wildman–Crippen LogP) is 8.01. The number of hydrogen-bond acceptors (Lipinski definition) is 2. The maximum Gasteiger partial charge on any atom is 0.138 e. The quantitative estimate of drug-likeness (QED) is 0.269. The Bertz CT molecular complexity index is 1290. The molecule has 0 heterocycles. The number of rotatable bonds is 6. The van der Waals surface area contributed by atoms with E-state index in [1.54, 1.807) is 6.07 Å². The van der Waals surface area contributed by atoms with Crippen molar-refractivity contribution in [2.75, 3.05) is 5.32 Å². The van der Waals surface area contributed by atoms with E-state index >= 15 is 0 Å². The third-order valence-corrected chi connectivity index (χ3v) is 5.89. The molecule has 0 bridgehead atoms. The van der Waals surface area contributed by atoms with Crippen molar-refractivity contribution in [1.82, 2.24) is 0 Å². The first kappa shape index (κ1) is 20.6. The number of para-hydroxylation sites is 2. The molecule has 2 N–H and O–H groups in total. The molecule has 0 atom stereocenters. The fourth-order valence-electron chi connectivity index (χ4n) is 4.22. The van der Waals surface area contributed by atoms with Crippen LogP contribution < -0.4 is 5.32 Å². The van der Waals surface area contributed by atoms with E-state index in [4.69, 9.17) is 0 Å². The number of phenols is 1. The second-order valence-corrected chi connectivity index (χ2v) is 8.02. The number of anilines is 1. The van der Waals surface area contributed by atoms with Crippen LogP contribution in [0.2, 0.25) is 0 Å². The second-order valence-electron chi connectivity index (χ2n) is 8.02. The highest BCUT2D eigenvalue weighted by Crippen LogP contribution is 2.38. The van der Waals surface area contributed by atoms with Crippen molar-refractivity contribution in [3.63, 3.8) is 0 Å². The normalized spacial score (nSPS) is 10.7. The molecule has 0 aliphatic rings. The third kappa shape index (κ3) is 4.51. The average Bonchev–Trinajstić information content (AvgIpc) is 2.89. The number of nitrogens with one attached hydrogen (secondary N) is 1. The van der Waals surface area contributed by atoms with Crippen molar-refractivity contribution < 1.29 is 5.11 Å². The van der Waals surface area contributed by atoms with Crippen molar-refractivity contribution in [1.29, 1.82) is 0 Å². The van der Waals surface area contributed by atoms with Gasteiger partial charge in [-0.2, -0.15) is 0 Å². The van der Waals surface area contributed by atoms with E-state index in [0.717, 1.165) is 5.69 Å². The molecule has 5 aromatic rings. The van der Waals surface area contributed by atoms with Gasteiger partial charge in [-0.05, 0) is 63.2 Å². The van der Waals surface area contributed by atoms with E-state index in [1.807, 2.05) is 36.4 Å². The minimum Gasteiger partial charge on any atom is -0.506 e. The molecule has 5 rings (SSSR count). The molecule has 0 radical (unpaired) electrons. The fraction of sp³-hybridized carbons (Fsp3) is 0.0323. The van der Waals surface area contributed by atoms with Gasteiger partial charge in [-0.3, -0.25) is 0 Å². The lowest BCUT2D eigenvalue weighted by Crippen LogP contribution is -2.04. The van der Waals surface area contributed by atoms with Gasteiger partial charge in [0.15, 0.2) is 0 Å².